The van der Waals surface area contributed by atoms with Crippen LogP contribution in [0.15, 0.2) is 41.1 Å². The van der Waals surface area contributed by atoms with Gasteiger partial charge in [-0.2, -0.15) is 0 Å². The number of furan rings is 1. The van der Waals surface area contributed by atoms with Crippen molar-refractivity contribution in [2.75, 3.05) is 38.6 Å². The van der Waals surface area contributed by atoms with Crippen molar-refractivity contribution in [3.8, 4) is 5.88 Å². The smallest absolute Gasteiger partial charge is 0.321 e. The number of aromatic nitrogens is 1. The number of anilines is 1. The molecule has 0 atom stereocenters. The molecule has 1 aliphatic heterocycles. The Morgan fingerprint density at radius 1 is 1.30 bits per heavy atom. The molecule has 0 radical (unpaired) electrons. The number of carbonyl (C=O) groups is 1. The van der Waals surface area contributed by atoms with E-state index >= 15 is 0 Å². The zero-order valence-corrected chi connectivity index (χ0v) is 13.1. The van der Waals surface area contributed by atoms with Gasteiger partial charge in [0.15, 0.2) is 0 Å². The molecule has 7 heteroatoms. The Balaban J connectivity index is 1.47. The second-order valence-corrected chi connectivity index (χ2v) is 5.36. The van der Waals surface area contributed by atoms with E-state index < -0.39 is 0 Å². The van der Waals surface area contributed by atoms with E-state index in [1.165, 1.54) is 0 Å². The SMILES string of the molecule is COc1ccc(NC(=O)N2CCN(Cc3ccco3)CC2)cn1. The fourth-order valence-electron chi connectivity index (χ4n) is 2.51. The molecule has 2 aromatic heterocycles. The maximum absolute atomic E-state index is 12.3. The van der Waals surface area contributed by atoms with E-state index in [9.17, 15) is 4.79 Å². The van der Waals surface area contributed by atoms with E-state index in [-0.39, 0.29) is 6.03 Å². The molecule has 23 heavy (non-hydrogen) atoms. The maximum atomic E-state index is 12.3. The van der Waals surface area contributed by atoms with Gasteiger partial charge < -0.3 is 19.4 Å². The van der Waals surface area contributed by atoms with E-state index in [1.807, 2.05) is 17.0 Å². The molecule has 0 saturated carbocycles. The lowest BCUT2D eigenvalue weighted by Gasteiger charge is -2.34. The van der Waals surface area contributed by atoms with Crippen LogP contribution >= 0.6 is 0 Å². The number of amides is 2. The Kier molecular flexibility index (Phi) is 4.77. The molecule has 3 heterocycles. The largest absolute Gasteiger partial charge is 0.481 e. The Labute approximate surface area is 134 Å². The highest BCUT2D eigenvalue weighted by Crippen LogP contribution is 2.13. The fourth-order valence-corrected chi connectivity index (χ4v) is 2.51. The van der Waals surface area contributed by atoms with Gasteiger partial charge in [0.25, 0.3) is 0 Å². The molecule has 1 N–H and O–H groups in total. The third-order valence-electron chi connectivity index (χ3n) is 3.82. The summed E-state index contributed by atoms with van der Waals surface area (Å²) in [7, 11) is 1.56. The highest BCUT2D eigenvalue weighted by molar-refractivity contribution is 5.89. The average molecular weight is 316 g/mol. The van der Waals surface area contributed by atoms with Crippen molar-refractivity contribution in [3.05, 3.63) is 42.5 Å². The van der Waals surface area contributed by atoms with Gasteiger partial charge in [-0.25, -0.2) is 9.78 Å². The first-order valence-electron chi connectivity index (χ1n) is 7.55. The number of carbonyl (C=O) groups excluding carboxylic acids is 1. The summed E-state index contributed by atoms with van der Waals surface area (Å²) in [4.78, 5) is 20.4. The third-order valence-corrected chi connectivity index (χ3v) is 3.82. The average Bonchev–Trinajstić information content (AvgIpc) is 3.09. The molecule has 1 aliphatic rings. The molecule has 7 nitrogen and oxygen atoms in total. The number of methoxy groups -OCH3 is 1. The summed E-state index contributed by atoms with van der Waals surface area (Å²) in [5, 5.41) is 2.86. The standard InChI is InChI=1S/C16H20N4O3/c1-22-15-5-4-13(11-17-15)18-16(21)20-8-6-19(7-9-20)12-14-3-2-10-23-14/h2-5,10-11H,6-9,12H2,1H3,(H,18,21). The molecule has 0 unspecified atom stereocenters. The molecule has 0 aliphatic carbocycles. The number of nitrogens with zero attached hydrogens (tertiary/aromatic N) is 3. The maximum Gasteiger partial charge on any atom is 0.321 e. The van der Waals surface area contributed by atoms with Crippen LogP contribution in [-0.4, -0.2) is 54.1 Å². The lowest BCUT2D eigenvalue weighted by molar-refractivity contribution is 0.137. The first-order valence-corrected chi connectivity index (χ1v) is 7.55. The Morgan fingerprint density at radius 3 is 2.74 bits per heavy atom. The van der Waals surface area contributed by atoms with Crippen LogP contribution in [0.5, 0.6) is 5.88 Å². The van der Waals surface area contributed by atoms with Gasteiger partial charge in [0.2, 0.25) is 5.88 Å². The predicted molar refractivity (Wildman–Crippen MR) is 85.4 cm³/mol. The van der Waals surface area contributed by atoms with Gasteiger partial charge >= 0.3 is 6.03 Å². The number of pyridine rings is 1. The second kappa shape index (κ2) is 7.15. The van der Waals surface area contributed by atoms with Gasteiger partial charge in [-0.15, -0.1) is 0 Å². The molecule has 3 rings (SSSR count). The summed E-state index contributed by atoms with van der Waals surface area (Å²) in [6.45, 7) is 3.82. The van der Waals surface area contributed by atoms with Crippen LogP contribution in [0.4, 0.5) is 10.5 Å². The first kappa shape index (κ1) is 15.4. The normalized spacial score (nSPS) is 15.4. The van der Waals surface area contributed by atoms with Crippen LogP contribution in [0, 0.1) is 0 Å². The molecular formula is C16H20N4O3. The van der Waals surface area contributed by atoms with Crippen LogP contribution in [0.2, 0.25) is 0 Å². The molecular weight excluding hydrogens is 296 g/mol. The van der Waals surface area contributed by atoms with Crippen LogP contribution in [0.1, 0.15) is 5.76 Å². The van der Waals surface area contributed by atoms with E-state index in [4.69, 9.17) is 9.15 Å². The van der Waals surface area contributed by atoms with Gasteiger partial charge in [0.05, 0.1) is 31.8 Å². The van der Waals surface area contributed by atoms with Gasteiger partial charge in [-0.05, 0) is 18.2 Å². The molecule has 1 saturated heterocycles. The number of hydrogen-bond acceptors (Lipinski definition) is 5. The van der Waals surface area contributed by atoms with Crippen molar-refractivity contribution < 1.29 is 13.9 Å². The van der Waals surface area contributed by atoms with Crippen molar-refractivity contribution in [1.29, 1.82) is 0 Å². The van der Waals surface area contributed by atoms with Crippen molar-refractivity contribution in [2.24, 2.45) is 0 Å². The van der Waals surface area contributed by atoms with E-state index in [2.05, 4.69) is 15.2 Å². The summed E-state index contributed by atoms with van der Waals surface area (Å²) < 4.78 is 10.4. The minimum Gasteiger partial charge on any atom is -0.481 e. The van der Waals surface area contributed by atoms with Crippen molar-refractivity contribution in [1.82, 2.24) is 14.8 Å². The lowest BCUT2D eigenvalue weighted by atomic mass is 10.3. The summed E-state index contributed by atoms with van der Waals surface area (Å²) in [6, 6.07) is 7.25. The second-order valence-electron chi connectivity index (χ2n) is 5.36. The summed E-state index contributed by atoms with van der Waals surface area (Å²) in [5.74, 6) is 1.47. The summed E-state index contributed by atoms with van der Waals surface area (Å²) in [6.07, 6.45) is 3.27. The van der Waals surface area contributed by atoms with Gasteiger partial charge in [0.1, 0.15) is 5.76 Å². The van der Waals surface area contributed by atoms with Crippen LogP contribution in [0.25, 0.3) is 0 Å². The van der Waals surface area contributed by atoms with Crippen molar-refractivity contribution >= 4 is 11.7 Å². The van der Waals surface area contributed by atoms with E-state index in [0.717, 1.165) is 25.4 Å². The minimum absolute atomic E-state index is 0.102. The number of piperazine rings is 1. The summed E-state index contributed by atoms with van der Waals surface area (Å²) >= 11 is 0. The van der Waals surface area contributed by atoms with Gasteiger partial charge in [-0.3, -0.25) is 4.90 Å². The summed E-state index contributed by atoms with van der Waals surface area (Å²) in [5.41, 5.74) is 0.661. The van der Waals surface area contributed by atoms with E-state index in [0.29, 0.717) is 24.7 Å². The number of nitrogens with one attached hydrogen (secondary N) is 1. The fraction of sp³-hybridized carbons (Fsp3) is 0.375. The van der Waals surface area contributed by atoms with Crippen LogP contribution in [0.3, 0.4) is 0 Å². The van der Waals surface area contributed by atoms with E-state index in [1.54, 1.807) is 31.7 Å². The van der Waals surface area contributed by atoms with Gasteiger partial charge in [0, 0.05) is 32.2 Å². The number of hydrogen-bond donors (Lipinski definition) is 1. The van der Waals surface area contributed by atoms with Crippen molar-refractivity contribution in [3.63, 3.8) is 0 Å². The lowest BCUT2D eigenvalue weighted by Crippen LogP contribution is -2.49. The zero-order valence-electron chi connectivity index (χ0n) is 13.1. The highest BCUT2D eigenvalue weighted by Gasteiger charge is 2.21. The topological polar surface area (TPSA) is 70.8 Å². The predicted octanol–water partition coefficient (Wildman–Crippen LogP) is 2.03. The van der Waals surface area contributed by atoms with Crippen LogP contribution < -0.4 is 10.1 Å². The first-order chi connectivity index (χ1) is 11.2. The monoisotopic (exact) mass is 316 g/mol. The minimum atomic E-state index is -0.102. The van der Waals surface area contributed by atoms with Gasteiger partial charge in [-0.1, -0.05) is 0 Å². The number of urea groups is 1. The number of rotatable bonds is 4. The molecule has 0 aromatic carbocycles. The number of ether oxygens (including phenoxy) is 1. The Morgan fingerprint density at radius 2 is 2.13 bits per heavy atom. The molecule has 2 aromatic rings. The molecule has 122 valence electrons. The third kappa shape index (κ3) is 4.01. The Hall–Kier alpha value is -2.54. The Bertz CT molecular complexity index is 619. The van der Waals surface area contributed by atoms with Crippen molar-refractivity contribution in [2.45, 2.75) is 6.54 Å². The quantitative estimate of drug-likeness (QED) is 0.934. The molecule has 1 fully saturated rings. The van der Waals surface area contributed by atoms with Crippen LogP contribution in [-0.2, 0) is 6.54 Å². The molecule has 0 spiro atoms. The molecule has 2 amide bonds. The zero-order chi connectivity index (χ0) is 16.1. The highest BCUT2D eigenvalue weighted by atomic mass is 16.5. The molecule has 0 bridgehead atoms.